The Balaban J connectivity index is 1.40. The van der Waals surface area contributed by atoms with E-state index < -0.39 is 0 Å². The van der Waals surface area contributed by atoms with Gasteiger partial charge in [0.1, 0.15) is 11.5 Å². The van der Waals surface area contributed by atoms with Gasteiger partial charge in [0, 0.05) is 23.6 Å². The van der Waals surface area contributed by atoms with Crippen molar-refractivity contribution in [3.8, 4) is 10.6 Å². The van der Waals surface area contributed by atoms with Gasteiger partial charge in [-0.25, -0.2) is 15.0 Å². The monoisotopic (exact) mass is 455 g/mol. The second-order valence-corrected chi connectivity index (χ2v) is 8.50. The number of pyridine rings is 2. The molecule has 4 heterocycles. The van der Waals surface area contributed by atoms with Gasteiger partial charge in [-0.3, -0.25) is 9.20 Å². The van der Waals surface area contributed by atoms with E-state index in [0.29, 0.717) is 11.3 Å². The number of carbonyl (C=O) groups excluding carboxylic acids is 1. The van der Waals surface area contributed by atoms with E-state index in [1.165, 1.54) is 0 Å². The summed E-state index contributed by atoms with van der Waals surface area (Å²) in [5.41, 5.74) is 11.4. The molecule has 0 saturated heterocycles. The van der Waals surface area contributed by atoms with Crippen molar-refractivity contribution in [2.45, 2.75) is 13.8 Å². The van der Waals surface area contributed by atoms with Gasteiger partial charge in [-0.1, -0.05) is 23.5 Å². The van der Waals surface area contributed by atoms with Gasteiger partial charge in [-0.15, -0.1) is 0 Å². The molecule has 0 aliphatic rings. The molecule has 0 aliphatic heterocycles. The lowest BCUT2D eigenvalue weighted by Gasteiger charge is -2.08. The summed E-state index contributed by atoms with van der Waals surface area (Å²) in [6, 6.07) is 16.6. The van der Waals surface area contributed by atoms with Crippen molar-refractivity contribution in [3.63, 3.8) is 0 Å². The molecule has 0 aliphatic carbocycles. The lowest BCUT2D eigenvalue weighted by Crippen LogP contribution is -2.13. The molecule has 8 nitrogen and oxygen atoms in total. The molecule has 0 radical (unpaired) electrons. The number of imidazole rings is 1. The smallest absolute Gasteiger partial charge is 0.255 e. The maximum atomic E-state index is 12.7. The molecular formula is C24H21N7OS. The molecule has 5 rings (SSSR count). The van der Waals surface area contributed by atoms with E-state index >= 15 is 0 Å². The lowest BCUT2D eigenvalue weighted by molar-refractivity contribution is 0.102. The van der Waals surface area contributed by atoms with E-state index in [9.17, 15) is 4.79 Å². The van der Waals surface area contributed by atoms with Crippen LogP contribution in [0.2, 0.25) is 0 Å². The van der Waals surface area contributed by atoms with E-state index in [4.69, 9.17) is 10.7 Å². The van der Waals surface area contributed by atoms with Gasteiger partial charge in [-0.2, -0.15) is 0 Å². The van der Waals surface area contributed by atoms with Crippen LogP contribution in [0.15, 0.2) is 67.0 Å². The number of thiazole rings is 1. The van der Waals surface area contributed by atoms with Crippen molar-refractivity contribution in [3.05, 3.63) is 83.9 Å². The van der Waals surface area contributed by atoms with Crippen LogP contribution in [0.1, 0.15) is 21.7 Å². The summed E-state index contributed by atoms with van der Waals surface area (Å²) in [5, 5.41) is 6.86. The van der Waals surface area contributed by atoms with Crippen LogP contribution in [0.4, 0.5) is 22.3 Å². The van der Waals surface area contributed by atoms with Gasteiger partial charge < -0.3 is 16.4 Å². The number of carbonyl (C=O) groups is 1. The Hall–Kier alpha value is -4.24. The maximum Gasteiger partial charge on any atom is 0.255 e. The number of amides is 1. The Bertz CT molecular complexity index is 1490. The molecule has 1 aromatic carbocycles. The molecule has 0 saturated carbocycles. The van der Waals surface area contributed by atoms with E-state index in [0.717, 1.165) is 38.4 Å². The first-order valence-electron chi connectivity index (χ1n) is 10.3. The van der Waals surface area contributed by atoms with Crippen LogP contribution in [0.3, 0.4) is 0 Å². The quantitative estimate of drug-likeness (QED) is 0.342. The largest absolute Gasteiger partial charge is 0.382 e. The molecule has 0 unspecified atom stereocenters. The van der Waals surface area contributed by atoms with Crippen LogP contribution < -0.4 is 16.4 Å². The third-order valence-corrected chi connectivity index (χ3v) is 6.26. The molecule has 0 bridgehead atoms. The molecular weight excluding hydrogens is 434 g/mol. The van der Waals surface area contributed by atoms with Gasteiger partial charge in [0.05, 0.1) is 27.6 Å². The van der Waals surface area contributed by atoms with Gasteiger partial charge >= 0.3 is 0 Å². The zero-order valence-electron chi connectivity index (χ0n) is 18.0. The number of hydrogen-bond acceptors (Lipinski definition) is 7. The molecule has 0 atom stereocenters. The number of rotatable bonds is 5. The number of hydrogen-bond donors (Lipinski definition) is 3. The van der Waals surface area contributed by atoms with Crippen molar-refractivity contribution in [2.24, 2.45) is 0 Å². The molecule has 33 heavy (non-hydrogen) atoms. The number of aromatic nitrogens is 4. The third-order valence-electron chi connectivity index (χ3n) is 5.18. The molecule has 9 heteroatoms. The van der Waals surface area contributed by atoms with Crippen molar-refractivity contribution in [1.82, 2.24) is 19.4 Å². The number of nitrogens with two attached hydrogens (primary N) is 1. The zero-order chi connectivity index (χ0) is 22.9. The average Bonchev–Trinajstić information content (AvgIpc) is 3.33. The van der Waals surface area contributed by atoms with Crippen LogP contribution in [0, 0.1) is 13.8 Å². The number of nitrogen functional groups attached to an aromatic ring is 1. The average molecular weight is 456 g/mol. The number of benzene rings is 1. The normalized spacial score (nSPS) is 11.0. The molecule has 164 valence electrons. The highest BCUT2D eigenvalue weighted by molar-refractivity contribution is 7.19. The minimum Gasteiger partial charge on any atom is -0.382 e. The summed E-state index contributed by atoms with van der Waals surface area (Å²) in [4.78, 5) is 27.1. The Morgan fingerprint density at radius 2 is 1.91 bits per heavy atom. The van der Waals surface area contributed by atoms with Crippen molar-refractivity contribution >= 4 is 45.2 Å². The lowest BCUT2D eigenvalue weighted by atomic mass is 10.2. The third kappa shape index (κ3) is 4.01. The fraction of sp³-hybridized carbons (Fsp3) is 0.0833. The summed E-state index contributed by atoms with van der Waals surface area (Å²) in [6.45, 7) is 3.99. The number of anilines is 4. The topological polar surface area (TPSA) is 110 Å². The second kappa shape index (κ2) is 8.36. The Kier molecular flexibility index (Phi) is 5.23. The summed E-state index contributed by atoms with van der Waals surface area (Å²) >= 11 is 1.55. The molecule has 4 N–H and O–H groups in total. The van der Waals surface area contributed by atoms with E-state index in [1.54, 1.807) is 41.8 Å². The predicted octanol–water partition coefficient (Wildman–Crippen LogP) is 5.05. The Morgan fingerprint density at radius 1 is 1.03 bits per heavy atom. The van der Waals surface area contributed by atoms with Gasteiger partial charge in [0.25, 0.3) is 5.91 Å². The van der Waals surface area contributed by atoms with E-state index in [1.807, 2.05) is 50.4 Å². The Morgan fingerprint density at radius 3 is 2.76 bits per heavy atom. The second-order valence-electron chi connectivity index (χ2n) is 7.50. The number of nitrogens with zero attached hydrogens (tertiary/aromatic N) is 4. The molecule has 0 spiro atoms. The van der Waals surface area contributed by atoms with E-state index in [2.05, 4.69) is 25.0 Å². The first-order chi connectivity index (χ1) is 16.0. The Labute approximate surface area is 194 Å². The molecule has 4 aromatic heterocycles. The van der Waals surface area contributed by atoms with Crippen molar-refractivity contribution < 1.29 is 4.79 Å². The standard InChI is InChI=1S/C24H21N7OS/c1-14-20(31-12-4-3-10-19(31)27-14)21-15(2)28-24(33-21)29-17-8-5-7-16(13-17)23(32)30-18-9-6-11-26-22(18)25/h3-13H,1-2H3,(H2,25,26)(H,28,29)(H,30,32). The summed E-state index contributed by atoms with van der Waals surface area (Å²) in [5.74, 6) is 0.00400. The first kappa shape index (κ1) is 20.7. The minimum atomic E-state index is -0.268. The van der Waals surface area contributed by atoms with Crippen LogP contribution in [0.5, 0.6) is 0 Å². The fourth-order valence-corrected chi connectivity index (χ4v) is 4.72. The summed E-state index contributed by atoms with van der Waals surface area (Å²) in [6.07, 6.45) is 3.59. The van der Waals surface area contributed by atoms with Crippen LogP contribution >= 0.6 is 11.3 Å². The van der Waals surface area contributed by atoms with Crippen LogP contribution in [0.25, 0.3) is 16.2 Å². The van der Waals surface area contributed by atoms with Crippen LogP contribution in [-0.2, 0) is 0 Å². The molecule has 1 amide bonds. The van der Waals surface area contributed by atoms with Gasteiger partial charge in [0.2, 0.25) is 0 Å². The SMILES string of the molecule is Cc1nc(Nc2cccc(C(=O)Nc3cccnc3N)c2)sc1-c1c(C)nc2ccccn12. The highest BCUT2D eigenvalue weighted by atomic mass is 32.1. The van der Waals surface area contributed by atoms with Gasteiger partial charge in [-0.05, 0) is 56.3 Å². The van der Waals surface area contributed by atoms with Gasteiger partial charge in [0.15, 0.2) is 5.13 Å². The molecule has 5 aromatic rings. The van der Waals surface area contributed by atoms with Crippen LogP contribution in [-0.4, -0.2) is 25.3 Å². The van der Waals surface area contributed by atoms with Crippen molar-refractivity contribution in [1.29, 1.82) is 0 Å². The highest BCUT2D eigenvalue weighted by Gasteiger charge is 2.17. The number of aryl methyl sites for hydroxylation is 2. The summed E-state index contributed by atoms with van der Waals surface area (Å²) < 4.78 is 2.08. The highest BCUT2D eigenvalue weighted by Crippen LogP contribution is 2.36. The van der Waals surface area contributed by atoms with E-state index in [-0.39, 0.29) is 11.7 Å². The zero-order valence-corrected chi connectivity index (χ0v) is 18.9. The summed E-state index contributed by atoms with van der Waals surface area (Å²) in [7, 11) is 0. The predicted molar refractivity (Wildman–Crippen MR) is 132 cm³/mol. The molecule has 0 fully saturated rings. The fourth-order valence-electron chi connectivity index (χ4n) is 3.64. The minimum absolute atomic E-state index is 0.268. The first-order valence-corrected chi connectivity index (χ1v) is 11.1. The number of nitrogens with one attached hydrogen (secondary N) is 2. The van der Waals surface area contributed by atoms with Crippen molar-refractivity contribution in [2.75, 3.05) is 16.4 Å². The maximum absolute atomic E-state index is 12.7. The number of fused-ring (bicyclic) bond motifs is 1.